The van der Waals surface area contributed by atoms with Gasteiger partial charge in [0.1, 0.15) is 12.4 Å². The maximum atomic E-state index is 5.69. The summed E-state index contributed by atoms with van der Waals surface area (Å²) >= 11 is 3.54. The van der Waals surface area contributed by atoms with E-state index in [-0.39, 0.29) is 0 Å². The Bertz CT molecular complexity index is 376. The lowest BCUT2D eigenvalue weighted by molar-refractivity contribution is 0.302. The SMILES string of the molecule is Cc1cc(Br)c2c(c1)C(NC(C)C)CO2. The Labute approximate surface area is 99.1 Å². The number of fused-ring (bicyclic) bond motifs is 1. The number of ether oxygens (including phenoxy) is 1. The van der Waals surface area contributed by atoms with E-state index in [2.05, 4.69) is 54.2 Å². The van der Waals surface area contributed by atoms with Crippen LogP contribution in [-0.4, -0.2) is 12.6 Å². The summed E-state index contributed by atoms with van der Waals surface area (Å²) in [4.78, 5) is 0. The molecule has 2 rings (SSSR count). The van der Waals surface area contributed by atoms with Gasteiger partial charge in [-0.15, -0.1) is 0 Å². The first kappa shape index (κ1) is 11.0. The molecule has 0 bridgehead atoms. The van der Waals surface area contributed by atoms with Gasteiger partial charge >= 0.3 is 0 Å². The van der Waals surface area contributed by atoms with Crippen molar-refractivity contribution in [3.63, 3.8) is 0 Å². The van der Waals surface area contributed by atoms with E-state index in [1.807, 2.05) is 0 Å². The van der Waals surface area contributed by atoms with Crippen molar-refractivity contribution >= 4 is 15.9 Å². The van der Waals surface area contributed by atoms with E-state index in [0.29, 0.717) is 12.1 Å². The van der Waals surface area contributed by atoms with Crippen LogP contribution >= 0.6 is 15.9 Å². The second kappa shape index (κ2) is 4.14. The van der Waals surface area contributed by atoms with Crippen molar-refractivity contribution in [2.75, 3.05) is 6.61 Å². The van der Waals surface area contributed by atoms with Gasteiger partial charge in [0.15, 0.2) is 0 Å². The first-order valence-corrected chi connectivity index (χ1v) is 6.06. The molecule has 82 valence electrons. The fourth-order valence-corrected chi connectivity index (χ4v) is 2.67. The van der Waals surface area contributed by atoms with Crippen molar-refractivity contribution in [1.82, 2.24) is 5.32 Å². The number of hydrogen-bond donors (Lipinski definition) is 1. The van der Waals surface area contributed by atoms with Crippen LogP contribution in [0, 0.1) is 6.92 Å². The number of halogens is 1. The Morgan fingerprint density at radius 1 is 1.47 bits per heavy atom. The minimum absolute atomic E-state index is 0.330. The van der Waals surface area contributed by atoms with E-state index in [4.69, 9.17) is 4.74 Å². The smallest absolute Gasteiger partial charge is 0.138 e. The molecular formula is C12H16BrNO. The highest BCUT2D eigenvalue weighted by molar-refractivity contribution is 9.10. The Morgan fingerprint density at radius 3 is 2.87 bits per heavy atom. The van der Waals surface area contributed by atoms with Crippen molar-refractivity contribution in [2.24, 2.45) is 0 Å². The van der Waals surface area contributed by atoms with Crippen LogP contribution in [0.1, 0.15) is 31.0 Å². The molecule has 1 aromatic rings. The van der Waals surface area contributed by atoms with Crippen LogP contribution in [0.3, 0.4) is 0 Å². The van der Waals surface area contributed by atoms with E-state index in [9.17, 15) is 0 Å². The van der Waals surface area contributed by atoms with Gasteiger partial charge in [0.25, 0.3) is 0 Å². The van der Waals surface area contributed by atoms with Crippen LogP contribution in [0.2, 0.25) is 0 Å². The molecule has 0 fully saturated rings. The zero-order valence-corrected chi connectivity index (χ0v) is 10.9. The third kappa shape index (κ3) is 2.18. The molecule has 1 unspecified atom stereocenters. The minimum atomic E-state index is 0.330. The second-order valence-corrected chi connectivity index (χ2v) is 5.20. The summed E-state index contributed by atoms with van der Waals surface area (Å²) in [5.74, 6) is 0.999. The van der Waals surface area contributed by atoms with Gasteiger partial charge in [-0.2, -0.15) is 0 Å². The van der Waals surface area contributed by atoms with Crippen molar-refractivity contribution in [3.8, 4) is 5.75 Å². The van der Waals surface area contributed by atoms with Crippen LogP contribution in [0.15, 0.2) is 16.6 Å². The molecule has 0 radical (unpaired) electrons. The van der Waals surface area contributed by atoms with E-state index in [1.165, 1.54) is 11.1 Å². The zero-order chi connectivity index (χ0) is 11.0. The summed E-state index contributed by atoms with van der Waals surface area (Å²) in [6, 6.07) is 5.10. The molecule has 1 atom stereocenters. The normalized spacial score (nSPS) is 19.1. The lowest BCUT2D eigenvalue weighted by Crippen LogP contribution is -2.28. The Morgan fingerprint density at radius 2 is 2.20 bits per heavy atom. The fraction of sp³-hybridized carbons (Fsp3) is 0.500. The van der Waals surface area contributed by atoms with Crippen molar-refractivity contribution in [1.29, 1.82) is 0 Å². The highest BCUT2D eigenvalue weighted by Gasteiger charge is 2.26. The average molecular weight is 270 g/mol. The summed E-state index contributed by atoms with van der Waals surface area (Å²) in [5.41, 5.74) is 2.54. The lowest BCUT2D eigenvalue weighted by atomic mass is 10.1. The number of rotatable bonds is 2. The third-order valence-corrected chi connectivity index (χ3v) is 3.11. The average Bonchev–Trinajstić information content (AvgIpc) is 2.48. The van der Waals surface area contributed by atoms with E-state index in [1.54, 1.807) is 0 Å². The zero-order valence-electron chi connectivity index (χ0n) is 9.30. The van der Waals surface area contributed by atoms with Gasteiger partial charge in [0, 0.05) is 11.6 Å². The van der Waals surface area contributed by atoms with Gasteiger partial charge in [-0.3, -0.25) is 0 Å². The first-order chi connectivity index (χ1) is 7.08. The van der Waals surface area contributed by atoms with Gasteiger partial charge in [-0.05, 0) is 34.5 Å². The topological polar surface area (TPSA) is 21.3 Å². The predicted molar refractivity (Wildman–Crippen MR) is 65.4 cm³/mol. The van der Waals surface area contributed by atoms with Gasteiger partial charge in [0.05, 0.1) is 10.5 Å². The molecule has 0 saturated carbocycles. The van der Waals surface area contributed by atoms with Gasteiger partial charge < -0.3 is 10.1 Å². The van der Waals surface area contributed by atoms with Gasteiger partial charge in [-0.1, -0.05) is 19.9 Å². The number of aryl methyl sites for hydroxylation is 1. The second-order valence-electron chi connectivity index (χ2n) is 4.35. The largest absolute Gasteiger partial charge is 0.490 e. The summed E-state index contributed by atoms with van der Waals surface area (Å²) in [6.07, 6.45) is 0. The van der Waals surface area contributed by atoms with Crippen LogP contribution < -0.4 is 10.1 Å². The molecule has 0 saturated heterocycles. The molecule has 1 aliphatic rings. The molecule has 0 amide bonds. The Balaban J connectivity index is 2.33. The molecular weight excluding hydrogens is 254 g/mol. The predicted octanol–water partition coefficient (Wildman–Crippen LogP) is 3.19. The maximum Gasteiger partial charge on any atom is 0.138 e. The quantitative estimate of drug-likeness (QED) is 0.891. The number of hydrogen-bond acceptors (Lipinski definition) is 2. The van der Waals surface area contributed by atoms with Crippen molar-refractivity contribution in [2.45, 2.75) is 32.9 Å². The summed E-state index contributed by atoms with van der Waals surface area (Å²) in [6.45, 7) is 7.15. The maximum absolute atomic E-state index is 5.69. The minimum Gasteiger partial charge on any atom is -0.490 e. The summed E-state index contributed by atoms with van der Waals surface area (Å²) in [7, 11) is 0. The van der Waals surface area contributed by atoms with Crippen LogP contribution in [-0.2, 0) is 0 Å². The van der Waals surface area contributed by atoms with Crippen molar-refractivity contribution in [3.05, 3.63) is 27.7 Å². The Hall–Kier alpha value is -0.540. The van der Waals surface area contributed by atoms with Gasteiger partial charge in [0.2, 0.25) is 0 Å². The van der Waals surface area contributed by atoms with Gasteiger partial charge in [-0.25, -0.2) is 0 Å². The molecule has 0 aliphatic carbocycles. The summed E-state index contributed by atoms with van der Waals surface area (Å²) in [5, 5.41) is 3.51. The molecule has 3 heteroatoms. The van der Waals surface area contributed by atoms with Crippen LogP contribution in [0.5, 0.6) is 5.75 Å². The standard InChI is InChI=1S/C12H16BrNO/c1-7(2)14-11-6-15-12-9(11)4-8(3)5-10(12)13/h4-5,7,11,14H,6H2,1-3H3. The number of nitrogens with one attached hydrogen (secondary N) is 1. The highest BCUT2D eigenvalue weighted by atomic mass is 79.9. The van der Waals surface area contributed by atoms with E-state index >= 15 is 0 Å². The molecule has 1 N–H and O–H groups in total. The third-order valence-electron chi connectivity index (χ3n) is 2.52. The first-order valence-electron chi connectivity index (χ1n) is 5.27. The molecule has 0 spiro atoms. The molecule has 15 heavy (non-hydrogen) atoms. The fourth-order valence-electron chi connectivity index (χ4n) is 1.96. The summed E-state index contributed by atoms with van der Waals surface area (Å²) < 4.78 is 6.75. The van der Waals surface area contributed by atoms with Crippen LogP contribution in [0.25, 0.3) is 0 Å². The van der Waals surface area contributed by atoms with E-state index in [0.717, 1.165) is 16.8 Å². The lowest BCUT2D eigenvalue weighted by Gasteiger charge is -2.15. The highest BCUT2D eigenvalue weighted by Crippen LogP contribution is 2.39. The van der Waals surface area contributed by atoms with Crippen LogP contribution in [0.4, 0.5) is 0 Å². The number of benzene rings is 1. The molecule has 1 heterocycles. The Kier molecular flexibility index (Phi) is 3.03. The molecule has 0 aromatic heterocycles. The molecule has 1 aliphatic heterocycles. The molecule has 1 aromatic carbocycles. The van der Waals surface area contributed by atoms with Crippen molar-refractivity contribution < 1.29 is 4.74 Å². The molecule has 2 nitrogen and oxygen atoms in total. The van der Waals surface area contributed by atoms with E-state index < -0.39 is 0 Å². The monoisotopic (exact) mass is 269 g/mol.